The molecule has 2 amide bonds. The zero-order valence-corrected chi connectivity index (χ0v) is 17.7. The van der Waals surface area contributed by atoms with Gasteiger partial charge in [-0.25, -0.2) is 0 Å². The van der Waals surface area contributed by atoms with Crippen molar-refractivity contribution in [2.24, 2.45) is 5.73 Å². The first-order valence-corrected chi connectivity index (χ1v) is 10.6. The second-order valence-electron chi connectivity index (χ2n) is 8.31. The SMILES string of the molecule is Cc1cccc(-c2cccc3cc(C(=O)N4CCCCC4CC(N)=O)ccc23)c1C. The standard InChI is InChI=1S/C26H28N2O2/c1-17-7-5-10-22(18(17)2)24-11-6-8-19-15-20(12-13-23(19)24)26(30)28-14-4-3-9-21(28)16-25(27)29/h5-8,10-13,15,21H,3-4,9,14,16H2,1-2H3,(H2,27,29). The first-order valence-electron chi connectivity index (χ1n) is 10.6. The quantitative estimate of drug-likeness (QED) is 0.670. The van der Waals surface area contributed by atoms with Crippen LogP contribution in [0.25, 0.3) is 21.9 Å². The van der Waals surface area contributed by atoms with Crippen LogP contribution in [0.4, 0.5) is 0 Å². The summed E-state index contributed by atoms with van der Waals surface area (Å²) in [5, 5.41) is 2.18. The van der Waals surface area contributed by atoms with Gasteiger partial charge in [-0.05, 0) is 78.3 Å². The molecule has 0 saturated carbocycles. The summed E-state index contributed by atoms with van der Waals surface area (Å²) in [5.74, 6) is -0.364. The summed E-state index contributed by atoms with van der Waals surface area (Å²) in [6, 6.07) is 18.4. The first-order chi connectivity index (χ1) is 14.5. The predicted molar refractivity (Wildman–Crippen MR) is 121 cm³/mol. The molecule has 2 N–H and O–H groups in total. The van der Waals surface area contributed by atoms with E-state index in [0.717, 1.165) is 30.0 Å². The Kier molecular flexibility index (Phi) is 5.58. The highest BCUT2D eigenvalue weighted by Crippen LogP contribution is 2.33. The van der Waals surface area contributed by atoms with Gasteiger partial charge in [0.15, 0.2) is 0 Å². The van der Waals surface area contributed by atoms with Crippen LogP contribution in [0.2, 0.25) is 0 Å². The largest absolute Gasteiger partial charge is 0.370 e. The molecule has 1 fully saturated rings. The van der Waals surface area contributed by atoms with Crippen LogP contribution in [0, 0.1) is 13.8 Å². The maximum absolute atomic E-state index is 13.3. The number of piperidine rings is 1. The molecule has 1 aliphatic heterocycles. The van der Waals surface area contributed by atoms with Crippen molar-refractivity contribution in [3.63, 3.8) is 0 Å². The van der Waals surface area contributed by atoms with Crippen molar-refractivity contribution in [1.82, 2.24) is 4.90 Å². The summed E-state index contributed by atoms with van der Waals surface area (Å²) in [6.45, 7) is 4.95. The van der Waals surface area contributed by atoms with Crippen molar-refractivity contribution in [2.45, 2.75) is 45.6 Å². The molecule has 0 bridgehead atoms. The van der Waals surface area contributed by atoms with E-state index in [1.54, 1.807) is 0 Å². The number of nitrogens with zero attached hydrogens (tertiary/aromatic N) is 1. The molecule has 1 saturated heterocycles. The van der Waals surface area contributed by atoms with Gasteiger partial charge in [0, 0.05) is 24.6 Å². The van der Waals surface area contributed by atoms with E-state index < -0.39 is 0 Å². The molecule has 1 atom stereocenters. The van der Waals surface area contributed by atoms with E-state index >= 15 is 0 Å². The summed E-state index contributed by atoms with van der Waals surface area (Å²) < 4.78 is 0. The van der Waals surface area contributed by atoms with E-state index in [2.05, 4.69) is 44.2 Å². The van der Waals surface area contributed by atoms with Crippen LogP contribution in [-0.4, -0.2) is 29.3 Å². The third-order valence-electron chi connectivity index (χ3n) is 6.35. The highest BCUT2D eigenvalue weighted by Gasteiger charge is 2.28. The Morgan fingerprint density at radius 3 is 2.57 bits per heavy atom. The molecule has 0 spiro atoms. The highest BCUT2D eigenvalue weighted by molar-refractivity contribution is 6.03. The van der Waals surface area contributed by atoms with Crippen molar-refractivity contribution >= 4 is 22.6 Å². The number of rotatable bonds is 4. The number of amides is 2. The van der Waals surface area contributed by atoms with Crippen LogP contribution in [0.5, 0.6) is 0 Å². The summed E-state index contributed by atoms with van der Waals surface area (Å²) >= 11 is 0. The number of fused-ring (bicyclic) bond motifs is 1. The summed E-state index contributed by atoms with van der Waals surface area (Å²) in [6.07, 6.45) is 3.05. The zero-order chi connectivity index (χ0) is 21.3. The summed E-state index contributed by atoms with van der Waals surface area (Å²) in [4.78, 5) is 26.6. The molecular formula is C26H28N2O2. The van der Waals surface area contributed by atoms with Crippen LogP contribution in [0.3, 0.4) is 0 Å². The molecule has 1 aliphatic rings. The second-order valence-corrected chi connectivity index (χ2v) is 8.31. The van der Waals surface area contributed by atoms with E-state index in [1.807, 2.05) is 29.2 Å². The Labute approximate surface area is 177 Å². The summed E-state index contributed by atoms with van der Waals surface area (Å²) in [7, 11) is 0. The number of carbonyl (C=O) groups excluding carboxylic acids is 2. The van der Waals surface area contributed by atoms with Crippen molar-refractivity contribution in [1.29, 1.82) is 0 Å². The molecule has 4 heteroatoms. The predicted octanol–water partition coefficient (Wildman–Crippen LogP) is 4.99. The van der Waals surface area contributed by atoms with Crippen LogP contribution in [0.1, 0.15) is 47.2 Å². The van der Waals surface area contributed by atoms with Crippen molar-refractivity contribution in [3.05, 3.63) is 71.3 Å². The van der Waals surface area contributed by atoms with Crippen molar-refractivity contribution in [2.75, 3.05) is 6.54 Å². The number of benzene rings is 3. The monoisotopic (exact) mass is 400 g/mol. The molecule has 0 radical (unpaired) electrons. The third-order valence-corrected chi connectivity index (χ3v) is 6.35. The van der Waals surface area contributed by atoms with Crippen molar-refractivity contribution in [3.8, 4) is 11.1 Å². The number of hydrogen-bond donors (Lipinski definition) is 1. The van der Waals surface area contributed by atoms with Gasteiger partial charge in [0.25, 0.3) is 5.91 Å². The van der Waals surface area contributed by atoms with E-state index in [-0.39, 0.29) is 24.3 Å². The number of hydrogen-bond acceptors (Lipinski definition) is 2. The summed E-state index contributed by atoms with van der Waals surface area (Å²) in [5.41, 5.74) is 11.0. The van der Waals surface area contributed by atoms with Gasteiger partial charge in [0.1, 0.15) is 0 Å². The minimum Gasteiger partial charge on any atom is -0.370 e. The first kappa shape index (κ1) is 20.1. The van der Waals surface area contributed by atoms with Gasteiger partial charge >= 0.3 is 0 Å². The van der Waals surface area contributed by atoms with Crippen LogP contribution in [-0.2, 0) is 4.79 Å². The van der Waals surface area contributed by atoms with Gasteiger partial charge in [0.2, 0.25) is 5.91 Å². The number of nitrogens with two attached hydrogens (primary N) is 1. The Morgan fingerprint density at radius 1 is 1.00 bits per heavy atom. The van der Waals surface area contributed by atoms with Gasteiger partial charge in [-0.2, -0.15) is 0 Å². The number of carbonyl (C=O) groups is 2. The topological polar surface area (TPSA) is 63.4 Å². The molecule has 30 heavy (non-hydrogen) atoms. The Bertz CT molecular complexity index is 1120. The van der Waals surface area contributed by atoms with E-state index in [0.29, 0.717) is 12.1 Å². The molecule has 1 heterocycles. The Balaban J connectivity index is 1.71. The molecule has 0 aliphatic carbocycles. The fourth-order valence-corrected chi connectivity index (χ4v) is 4.57. The number of likely N-dealkylation sites (tertiary alicyclic amines) is 1. The fraction of sp³-hybridized carbons (Fsp3) is 0.308. The van der Waals surface area contributed by atoms with E-state index in [9.17, 15) is 9.59 Å². The Hall–Kier alpha value is -3.14. The van der Waals surface area contributed by atoms with E-state index in [4.69, 9.17) is 5.73 Å². The fourth-order valence-electron chi connectivity index (χ4n) is 4.57. The van der Waals surface area contributed by atoms with Crippen LogP contribution in [0.15, 0.2) is 54.6 Å². The van der Waals surface area contributed by atoms with E-state index in [1.165, 1.54) is 22.3 Å². The minimum atomic E-state index is -0.351. The molecule has 3 aromatic carbocycles. The average molecular weight is 401 g/mol. The lowest BCUT2D eigenvalue weighted by Gasteiger charge is -2.35. The maximum atomic E-state index is 13.3. The van der Waals surface area contributed by atoms with Crippen LogP contribution < -0.4 is 5.73 Å². The maximum Gasteiger partial charge on any atom is 0.254 e. The van der Waals surface area contributed by atoms with Gasteiger partial charge in [-0.1, -0.05) is 42.5 Å². The number of primary amides is 1. The van der Waals surface area contributed by atoms with Gasteiger partial charge < -0.3 is 10.6 Å². The molecule has 0 aromatic heterocycles. The lowest BCUT2D eigenvalue weighted by atomic mass is 9.92. The molecule has 4 rings (SSSR count). The van der Waals surface area contributed by atoms with Gasteiger partial charge in [-0.15, -0.1) is 0 Å². The lowest BCUT2D eigenvalue weighted by Crippen LogP contribution is -2.45. The Morgan fingerprint density at radius 2 is 1.77 bits per heavy atom. The third kappa shape index (κ3) is 3.82. The minimum absolute atomic E-state index is 0.0139. The molecular weight excluding hydrogens is 372 g/mol. The molecule has 1 unspecified atom stereocenters. The second kappa shape index (κ2) is 8.31. The normalized spacial score (nSPS) is 16.6. The van der Waals surface area contributed by atoms with Gasteiger partial charge in [-0.3, -0.25) is 9.59 Å². The van der Waals surface area contributed by atoms with Crippen LogP contribution >= 0.6 is 0 Å². The molecule has 3 aromatic rings. The zero-order valence-electron chi connectivity index (χ0n) is 17.7. The number of aryl methyl sites for hydroxylation is 1. The average Bonchev–Trinajstić information content (AvgIpc) is 2.74. The smallest absolute Gasteiger partial charge is 0.254 e. The molecule has 4 nitrogen and oxygen atoms in total. The molecule has 154 valence electrons. The highest BCUT2D eigenvalue weighted by atomic mass is 16.2. The lowest BCUT2D eigenvalue weighted by molar-refractivity contribution is -0.119. The van der Waals surface area contributed by atoms with Crippen molar-refractivity contribution < 1.29 is 9.59 Å². The van der Waals surface area contributed by atoms with Gasteiger partial charge in [0.05, 0.1) is 0 Å².